The number of aromatic hydroxyl groups is 1. The summed E-state index contributed by atoms with van der Waals surface area (Å²) in [7, 11) is 0. The second-order valence-electron chi connectivity index (χ2n) is 6.65. The minimum Gasteiger partial charge on any atom is -0.508 e. The van der Waals surface area contributed by atoms with Gasteiger partial charge in [0.05, 0.1) is 0 Å². The van der Waals surface area contributed by atoms with Gasteiger partial charge in [-0.15, -0.1) is 0 Å². The van der Waals surface area contributed by atoms with Crippen LogP contribution in [-0.2, 0) is 0 Å². The summed E-state index contributed by atoms with van der Waals surface area (Å²) in [5.74, 6) is 1.99. The first-order valence-electron chi connectivity index (χ1n) is 9.47. The molecule has 2 nitrogen and oxygen atoms in total. The number of allylic oxidation sites excluding steroid dienone is 2. The zero-order valence-electron chi connectivity index (χ0n) is 16.2. The van der Waals surface area contributed by atoms with Crippen molar-refractivity contribution in [3.8, 4) is 17.2 Å². The molecule has 0 heterocycles. The van der Waals surface area contributed by atoms with Gasteiger partial charge in [0.2, 0.25) is 0 Å². The average Bonchev–Trinajstić information content (AvgIpc) is 2.68. The fourth-order valence-electron chi connectivity index (χ4n) is 3.39. The number of hydrogen-bond donors (Lipinski definition) is 1. The van der Waals surface area contributed by atoms with E-state index in [-0.39, 0.29) is 0 Å². The number of phenols is 1. The summed E-state index contributed by atoms with van der Waals surface area (Å²) in [4.78, 5) is 0. The molecular formula is C25H26O2. The molecule has 138 valence electrons. The summed E-state index contributed by atoms with van der Waals surface area (Å²) in [6.45, 7) is 6.42. The lowest BCUT2D eigenvalue weighted by Gasteiger charge is -2.15. The number of phenolic OH excluding ortho intramolecular Hbond substituents is 1. The molecule has 0 aliphatic carbocycles. The summed E-state index contributed by atoms with van der Waals surface area (Å²) < 4.78 is 5.97. The fourth-order valence-corrected chi connectivity index (χ4v) is 3.39. The van der Waals surface area contributed by atoms with Gasteiger partial charge >= 0.3 is 0 Å². The van der Waals surface area contributed by atoms with Crippen molar-refractivity contribution < 1.29 is 9.84 Å². The molecule has 27 heavy (non-hydrogen) atoms. The zero-order chi connectivity index (χ0) is 19.2. The van der Waals surface area contributed by atoms with E-state index in [9.17, 15) is 5.11 Å². The van der Waals surface area contributed by atoms with Crippen LogP contribution in [-0.4, -0.2) is 5.11 Å². The van der Waals surface area contributed by atoms with E-state index in [0.717, 1.165) is 29.9 Å². The predicted octanol–water partition coefficient (Wildman–Crippen LogP) is 7.22. The van der Waals surface area contributed by atoms with Crippen molar-refractivity contribution in [3.05, 3.63) is 89.5 Å². The van der Waals surface area contributed by atoms with Crippen molar-refractivity contribution in [2.75, 3.05) is 0 Å². The maximum absolute atomic E-state index is 9.56. The average molecular weight is 358 g/mol. The summed E-state index contributed by atoms with van der Waals surface area (Å²) in [6, 6.07) is 23.8. The Morgan fingerprint density at radius 3 is 1.81 bits per heavy atom. The highest BCUT2D eigenvalue weighted by atomic mass is 16.5. The molecule has 0 fully saturated rings. The van der Waals surface area contributed by atoms with Crippen molar-refractivity contribution in [3.63, 3.8) is 0 Å². The highest BCUT2D eigenvalue weighted by Gasteiger charge is 2.09. The van der Waals surface area contributed by atoms with Crippen LogP contribution in [0.5, 0.6) is 17.2 Å². The van der Waals surface area contributed by atoms with Crippen LogP contribution < -0.4 is 4.74 Å². The van der Waals surface area contributed by atoms with Gasteiger partial charge in [-0.1, -0.05) is 50.2 Å². The molecule has 1 N–H and O–H groups in total. The third-order valence-corrected chi connectivity index (χ3v) is 4.72. The van der Waals surface area contributed by atoms with Gasteiger partial charge in [-0.25, -0.2) is 0 Å². The molecule has 0 radical (unpaired) electrons. The van der Waals surface area contributed by atoms with E-state index < -0.39 is 0 Å². The summed E-state index contributed by atoms with van der Waals surface area (Å²) in [5, 5.41) is 9.56. The molecule has 0 aliphatic rings. The molecule has 0 spiro atoms. The third-order valence-electron chi connectivity index (χ3n) is 4.72. The van der Waals surface area contributed by atoms with Crippen LogP contribution in [0.15, 0.2) is 72.8 Å². The zero-order valence-corrected chi connectivity index (χ0v) is 16.2. The summed E-state index contributed by atoms with van der Waals surface area (Å²) >= 11 is 0. The molecule has 3 aromatic carbocycles. The highest BCUT2D eigenvalue weighted by Crippen LogP contribution is 2.33. The Kier molecular flexibility index (Phi) is 5.97. The number of aryl methyl sites for hydroxylation is 1. The van der Waals surface area contributed by atoms with Crippen LogP contribution in [0.3, 0.4) is 0 Å². The van der Waals surface area contributed by atoms with Gasteiger partial charge in [-0.3, -0.25) is 0 Å². The molecule has 0 unspecified atom stereocenters. The molecule has 0 aliphatic heterocycles. The summed E-state index contributed by atoms with van der Waals surface area (Å²) in [6.07, 6.45) is 1.89. The number of ether oxygens (including phenoxy) is 1. The molecule has 3 aromatic rings. The first-order chi connectivity index (χ1) is 13.1. The van der Waals surface area contributed by atoms with Gasteiger partial charge in [-0.2, -0.15) is 0 Å². The Hall–Kier alpha value is -3.00. The monoisotopic (exact) mass is 358 g/mol. The Bertz CT molecular complexity index is 919. The van der Waals surface area contributed by atoms with Crippen molar-refractivity contribution >= 4 is 11.1 Å². The molecule has 2 heteroatoms. The van der Waals surface area contributed by atoms with E-state index in [1.165, 1.54) is 22.3 Å². The van der Waals surface area contributed by atoms with Gasteiger partial charge in [0.25, 0.3) is 0 Å². The first kappa shape index (κ1) is 18.8. The van der Waals surface area contributed by atoms with Gasteiger partial charge < -0.3 is 9.84 Å². The second kappa shape index (κ2) is 8.59. The Morgan fingerprint density at radius 1 is 0.741 bits per heavy atom. The fraction of sp³-hybridized carbons (Fsp3) is 0.200. The predicted molar refractivity (Wildman–Crippen MR) is 113 cm³/mol. The lowest BCUT2D eigenvalue weighted by Crippen LogP contribution is -1.92. The highest BCUT2D eigenvalue weighted by molar-refractivity contribution is 5.90. The van der Waals surface area contributed by atoms with Crippen LogP contribution in [0.4, 0.5) is 0 Å². The van der Waals surface area contributed by atoms with Gasteiger partial charge in [0.1, 0.15) is 17.2 Å². The van der Waals surface area contributed by atoms with E-state index in [4.69, 9.17) is 4.74 Å². The minimum absolute atomic E-state index is 0.296. The maximum Gasteiger partial charge on any atom is 0.127 e. The molecule has 0 amide bonds. The Morgan fingerprint density at radius 2 is 1.30 bits per heavy atom. The van der Waals surface area contributed by atoms with Crippen molar-refractivity contribution in [2.24, 2.45) is 0 Å². The molecular weight excluding hydrogens is 332 g/mol. The van der Waals surface area contributed by atoms with Crippen molar-refractivity contribution in [2.45, 2.75) is 33.6 Å². The van der Waals surface area contributed by atoms with Gasteiger partial charge in [-0.05, 0) is 84.0 Å². The van der Waals surface area contributed by atoms with Gasteiger partial charge in [0.15, 0.2) is 0 Å². The van der Waals surface area contributed by atoms with E-state index in [2.05, 4.69) is 39.0 Å². The van der Waals surface area contributed by atoms with E-state index in [1.807, 2.05) is 42.5 Å². The SMILES string of the molecule is CC/C(=C(/CC)c1ccc(Oc2cccc(C)c2)cc1)c1ccc(O)cc1. The molecule has 3 rings (SSSR count). The van der Waals surface area contributed by atoms with E-state index in [1.54, 1.807) is 12.1 Å². The van der Waals surface area contributed by atoms with Crippen molar-refractivity contribution in [1.82, 2.24) is 0 Å². The van der Waals surface area contributed by atoms with Crippen LogP contribution in [0.25, 0.3) is 11.1 Å². The van der Waals surface area contributed by atoms with Gasteiger partial charge in [0, 0.05) is 0 Å². The molecule has 0 bridgehead atoms. The topological polar surface area (TPSA) is 29.5 Å². The number of benzene rings is 3. The quantitative estimate of drug-likeness (QED) is 0.471. The lowest BCUT2D eigenvalue weighted by molar-refractivity contribution is 0.475. The summed E-state index contributed by atoms with van der Waals surface area (Å²) in [5.41, 5.74) is 6.18. The molecule has 0 saturated heterocycles. The van der Waals surface area contributed by atoms with Crippen LogP contribution in [0, 0.1) is 6.92 Å². The Balaban J connectivity index is 1.89. The largest absolute Gasteiger partial charge is 0.508 e. The van der Waals surface area contributed by atoms with Crippen LogP contribution in [0.2, 0.25) is 0 Å². The standard InChI is InChI=1S/C25H26O2/c1-4-24(19-9-13-21(26)14-10-19)25(5-2)20-11-15-22(16-12-20)27-23-8-6-7-18(3)17-23/h6-17,26H,4-5H2,1-3H3/b25-24+. The normalized spacial score (nSPS) is 11.8. The van der Waals surface area contributed by atoms with Crippen molar-refractivity contribution in [1.29, 1.82) is 0 Å². The molecule has 0 atom stereocenters. The van der Waals surface area contributed by atoms with E-state index >= 15 is 0 Å². The second-order valence-corrected chi connectivity index (χ2v) is 6.65. The molecule has 0 saturated carbocycles. The van der Waals surface area contributed by atoms with Crippen LogP contribution in [0.1, 0.15) is 43.4 Å². The third kappa shape index (κ3) is 4.59. The lowest BCUT2D eigenvalue weighted by atomic mass is 9.91. The molecule has 0 aromatic heterocycles. The minimum atomic E-state index is 0.296. The maximum atomic E-state index is 9.56. The Labute approximate surface area is 161 Å². The first-order valence-corrected chi connectivity index (χ1v) is 9.47. The number of hydrogen-bond acceptors (Lipinski definition) is 2. The van der Waals surface area contributed by atoms with E-state index in [0.29, 0.717) is 5.75 Å². The van der Waals surface area contributed by atoms with Crippen LogP contribution >= 0.6 is 0 Å². The number of rotatable bonds is 6. The smallest absolute Gasteiger partial charge is 0.127 e.